The Balaban J connectivity index is 2.47. The highest BCUT2D eigenvalue weighted by Gasteiger charge is 2.31. The van der Waals surface area contributed by atoms with Crippen LogP contribution < -0.4 is 0 Å². The molecule has 1 aromatic heterocycles. The standard InChI is InChI=1S/C13H8F3NO/c14-13(15,16)12-5-11(6-17-7-12)10-3-1-2-9(4-10)8-18/h1-8H. The molecule has 2 aromatic rings. The van der Waals surface area contributed by atoms with Crippen LogP contribution in [0.3, 0.4) is 0 Å². The fourth-order valence-electron chi connectivity index (χ4n) is 1.54. The van der Waals surface area contributed by atoms with E-state index in [-0.39, 0.29) is 0 Å². The summed E-state index contributed by atoms with van der Waals surface area (Å²) in [4.78, 5) is 14.2. The zero-order valence-corrected chi connectivity index (χ0v) is 9.11. The first-order chi connectivity index (χ1) is 8.50. The van der Waals surface area contributed by atoms with Crippen molar-refractivity contribution in [2.24, 2.45) is 0 Å². The van der Waals surface area contributed by atoms with Gasteiger partial charge in [0, 0.05) is 23.5 Å². The highest BCUT2D eigenvalue weighted by Crippen LogP contribution is 2.31. The summed E-state index contributed by atoms with van der Waals surface area (Å²) in [6.45, 7) is 0. The molecular weight excluding hydrogens is 243 g/mol. The summed E-state index contributed by atoms with van der Waals surface area (Å²) in [5, 5.41) is 0. The summed E-state index contributed by atoms with van der Waals surface area (Å²) in [7, 11) is 0. The summed E-state index contributed by atoms with van der Waals surface area (Å²) >= 11 is 0. The maximum atomic E-state index is 12.5. The lowest BCUT2D eigenvalue weighted by Gasteiger charge is -2.08. The van der Waals surface area contributed by atoms with E-state index in [0.717, 1.165) is 12.3 Å². The predicted molar refractivity (Wildman–Crippen MR) is 60.1 cm³/mol. The van der Waals surface area contributed by atoms with Gasteiger partial charge in [-0.3, -0.25) is 9.78 Å². The minimum absolute atomic E-state index is 0.327. The van der Waals surface area contributed by atoms with Crippen LogP contribution in [0.4, 0.5) is 13.2 Å². The average molecular weight is 251 g/mol. The number of rotatable bonds is 2. The molecule has 0 N–H and O–H groups in total. The van der Waals surface area contributed by atoms with E-state index in [9.17, 15) is 18.0 Å². The first-order valence-corrected chi connectivity index (χ1v) is 5.08. The van der Waals surface area contributed by atoms with Crippen molar-refractivity contribution < 1.29 is 18.0 Å². The summed E-state index contributed by atoms with van der Waals surface area (Å²) in [5.41, 5.74) is 0.452. The van der Waals surface area contributed by atoms with Crippen LogP contribution in [0, 0.1) is 0 Å². The highest BCUT2D eigenvalue weighted by molar-refractivity contribution is 5.78. The fourth-order valence-corrected chi connectivity index (χ4v) is 1.54. The third-order valence-electron chi connectivity index (χ3n) is 2.42. The van der Waals surface area contributed by atoms with E-state index in [2.05, 4.69) is 4.98 Å². The maximum Gasteiger partial charge on any atom is 0.417 e. The molecule has 2 rings (SSSR count). The third kappa shape index (κ3) is 2.56. The van der Waals surface area contributed by atoms with Crippen LogP contribution in [-0.4, -0.2) is 11.3 Å². The minimum Gasteiger partial charge on any atom is -0.298 e. The average Bonchev–Trinajstić information content (AvgIpc) is 2.38. The molecule has 0 saturated heterocycles. The quantitative estimate of drug-likeness (QED) is 0.763. The van der Waals surface area contributed by atoms with Gasteiger partial charge >= 0.3 is 6.18 Å². The van der Waals surface area contributed by atoms with Crippen LogP contribution >= 0.6 is 0 Å². The van der Waals surface area contributed by atoms with Gasteiger partial charge in [0.15, 0.2) is 0 Å². The Bertz CT molecular complexity index is 578. The lowest BCUT2D eigenvalue weighted by atomic mass is 10.0. The molecule has 2 nitrogen and oxygen atoms in total. The molecule has 0 radical (unpaired) electrons. The van der Waals surface area contributed by atoms with E-state index in [1.54, 1.807) is 18.2 Å². The Hall–Kier alpha value is -2.17. The van der Waals surface area contributed by atoms with Crippen molar-refractivity contribution in [2.75, 3.05) is 0 Å². The molecule has 0 bridgehead atoms. The first kappa shape index (κ1) is 12.3. The highest BCUT2D eigenvalue weighted by atomic mass is 19.4. The van der Waals surface area contributed by atoms with Crippen molar-refractivity contribution in [2.45, 2.75) is 6.18 Å². The third-order valence-corrected chi connectivity index (χ3v) is 2.42. The molecular formula is C13H8F3NO. The maximum absolute atomic E-state index is 12.5. The molecule has 18 heavy (non-hydrogen) atoms. The van der Waals surface area contributed by atoms with Crippen LogP contribution in [0.25, 0.3) is 11.1 Å². The van der Waals surface area contributed by atoms with Gasteiger partial charge in [-0.1, -0.05) is 18.2 Å². The number of hydrogen-bond acceptors (Lipinski definition) is 2. The van der Waals surface area contributed by atoms with Gasteiger partial charge in [0.1, 0.15) is 6.29 Å². The van der Waals surface area contributed by atoms with Gasteiger partial charge in [-0.15, -0.1) is 0 Å². The second kappa shape index (κ2) is 4.60. The van der Waals surface area contributed by atoms with Crippen molar-refractivity contribution in [3.8, 4) is 11.1 Å². The molecule has 0 aliphatic carbocycles. The molecule has 0 amide bonds. The minimum atomic E-state index is -4.43. The molecule has 0 atom stereocenters. The SMILES string of the molecule is O=Cc1cccc(-c2cncc(C(F)(F)F)c2)c1. The zero-order chi connectivity index (χ0) is 13.2. The topological polar surface area (TPSA) is 30.0 Å². The smallest absolute Gasteiger partial charge is 0.298 e. The molecule has 5 heteroatoms. The Kier molecular flexibility index (Phi) is 3.14. The predicted octanol–water partition coefficient (Wildman–Crippen LogP) is 3.58. The van der Waals surface area contributed by atoms with E-state index >= 15 is 0 Å². The summed E-state index contributed by atoms with van der Waals surface area (Å²) in [5.74, 6) is 0. The van der Waals surface area contributed by atoms with Crippen LogP contribution in [-0.2, 0) is 6.18 Å². The number of benzene rings is 1. The van der Waals surface area contributed by atoms with Gasteiger partial charge in [-0.25, -0.2) is 0 Å². The molecule has 0 fully saturated rings. The molecule has 0 spiro atoms. The van der Waals surface area contributed by atoms with E-state index in [4.69, 9.17) is 0 Å². The van der Waals surface area contributed by atoms with Crippen molar-refractivity contribution in [1.29, 1.82) is 0 Å². The van der Waals surface area contributed by atoms with Crippen LogP contribution in [0.5, 0.6) is 0 Å². The van der Waals surface area contributed by atoms with Crippen LogP contribution in [0.15, 0.2) is 42.7 Å². The van der Waals surface area contributed by atoms with Gasteiger partial charge in [0.25, 0.3) is 0 Å². The lowest BCUT2D eigenvalue weighted by Crippen LogP contribution is -2.05. The molecule has 1 aromatic carbocycles. The molecule has 0 unspecified atom stereocenters. The molecule has 0 aliphatic heterocycles. The van der Waals surface area contributed by atoms with E-state index in [0.29, 0.717) is 23.0 Å². The van der Waals surface area contributed by atoms with Crippen LogP contribution in [0.2, 0.25) is 0 Å². The monoisotopic (exact) mass is 251 g/mol. The fraction of sp³-hybridized carbons (Fsp3) is 0.0769. The van der Waals surface area contributed by atoms with E-state index in [1.165, 1.54) is 12.3 Å². The number of aromatic nitrogens is 1. The number of pyridine rings is 1. The number of aldehydes is 1. The van der Waals surface area contributed by atoms with Gasteiger partial charge in [-0.05, 0) is 17.7 Å². The van der Waals surface area contributed by atoms with Gasteiger partial charge in [-0.2, -0.15) is 13.2 Å². The zero-order valence-electron chi connectivity index (χ0n) is 9.11. The Morgan fingerprint density at radius 2 is 1.83 bits per heavy atom. The summed E-state index contributed by atoms with van der Waals surface area (Å²) in [6.07, 6.45) is -1.68. The molecule has 0 saturated carbocycles. The largest absolute Gasteiger partial charge is 0.417 e. The van der Waals surface area contributed by atoms with Crippen molar-refractivity contribution in [3.05, 3.63) is 53.9 Å². The second-order valence-corrected chi connectivity index (χ2v) is 3.70. The molecule has 0 aliphatic rings. The number of carbonyl (C=O) groups is 1. The van der Waals surface area contributed by atoms with Crippen molar-refractivity contribution in [1.82, 2.24) is 4.98 Å². The van der Waals surface area contributed by atoms with E-state index in [1.807, 2.05) is 0 Å². The molecule has 92 valence electrons. The van der Waals surface area contributed by atoms with Gasteiger partial charge in [0.2, 0.25) is 0 Å². The van der Waals surface area contributed by atoms with Gasteiger partial charge in [0.05, 0.1) is 5.56 Å². The number of hydrogen-bond donors (Lipinski definition) is 0. The Morgan fingerprint density at radius 1 is 1.06 bits per heavy atom. The number of nitrogens with zero attached hydrogens (tertiary/aromatic N) is 1. The second-order valence-electron chi connectivity index (χ2n) is 3.70. The van der Waals surface area contributed by atoms with Crippen molar-refractivity contribution in [3.63, 3.8) is 0 Å². The number of halogens is 3. The summed E-state index contributed by atoms with van der Waals surface area (Å²) in [6, 6.07) is 7.35. The Morgan fingerprint density at radius 3 is 2.50 bits per heavy atom. The first-order valence-electron chi connectivity index (χ1n) is 5.08. The normalized spacial score (nSPS) is 11.3. The summed E-state index contributed by atoms with van der Waals surface area (Å²) < 4.78 is 37.6. The van der Waals surface area contributed by atoms with Gasteiger partial charge < -0.3 is 0 Å². The van der Waals surface area contributed by atoms with Crippen LogP contribution in [0.1, 0.15) is 15.9 Å². The Labute approximate surface area is 101 Å². The van der Waals surface area contributed by atoms with E-state index < -0.39 is 11.7 Å². The number of alkyl halides is 3. The number of carbonyl (C=O) groups excluding carboxylic acids is 1. The van der Waals surface area contributed by atoms with Crippen molar-refractivity contribution >= 4 is 6.29 Å². The lowest BCUT2D eigenvalue weighted by molar-refractivity contribution is -0.137. The molecule has 1 heterocycles.